The number of rotatable bonds is 8. The fourth-order valence-electron chi connectivity index (χ4n) is 7.44. The van der Waals surface area contributed by atoms with Gasteiger partial charge in [-0.2, -0.15) is 0 Å². The Morgan fingerprint density at radius 1 is 0.365 bits per heavy atom. The van der Waals surface area contributed by atoms with Gasteiger partial charge in [0, 0.05) is 0 Å². The van der Waals surface area contributed by atoms with E-state index in [1.165, 1.54) is 0 Å². The molecule has 3 heterocycles. The minimum atomic E-state index is -7.66. The molecule has 0 saturated carbocycles. The maximum atomic E-state index is 10.7. The van der Waals surface area contributed by atoms with Crippen LogP contribution >= 0.6 is 0 Å². The molecular weight excluding hydrogens is 825 g/mol. The quantitative estimate of drug-likeness (QED) is 0.142. The Hall–Kier alpha value is -7.80. The molecule has 0 saturated heterocycles. The second-order valence-corrected chi connectivity index (χ2v) is 20.6. The second kappa shape index (κ2) is 15.3. The summed E-state index contributed by atoms with van der Waals surface area (Å²) in [7, 11) is 0. The van der Waals surface area contributed by atoms with E-state index >= 15 is 0 Å². The maximum absolute atomic E-state index is 10.7. The summed E-state index contributed by atoms with van der Waals surface area (Å²) >= 11 is -7.66. The van der Waals surface area contributed by atoms with Crippen LogP contribution in [0.1, 0.15) is 53.5 Å². The van der Waals surface area contributed by atoms with E-state index in [1.807, 2.05) is 0 Å². The van der Waals surface area contributed by atoms with Crippen LogP contribution in [0.25, 0.3) is 77.8 Å². The van der Waals surface area contributed by atoms with Crippen LogP contribution < -0.4 is 17.6 Å². The fraction of sp³-hybridized carbons (Fsp3) is 0. The first kappa shape index (κ1) is 14.7. The molecule has 0 N–H and O–H groups in total. The molecule has 5 heteroatoms. The first-order valence-electron chi connectivity index (χ1n) is 37.8. The normalized spacial score (nSPS) is 20.5. The summed E-state index contributed by atoms with van der Waals surface area (Å²) in [5, 5.41) is -2.60. The van der Waals surface area contributed by atoms with E-state index < -0.39 is 344 Å². The molecule has 0 aliphatic rings. The van der Waals surface area contributed by atoms with Crippen molar-refractivity contribution in [3.63, 3.8) is 0 Å². The Bertz CT molecular complexity index is 5550. The SMILES string of the molecule is [2H]c1c([2H])c([2H])[c]([Ge]([c]2c([2H])c([2H])c([2H])c([2H])c2[2H])([c]2c([2H])c([2H])c([2H])c([2H])c2[2H])[c]2c([2H])c([2H])c([2H])c(-c3cc(-n4c5c([2H])c([2H])c([2H])c([2H])c5c5c([2H])c([2H])c([2H])c([2H])c54)nc(-c4c([2H])c([2H])c([2H])c([2H])c4-n4c5c([2H])c([2H])c([2H])c([2H])c5c5c([2H])c([2H])c([2H])c([2H])c54)n3)c2[2H])c([2H])c1[2H]. The van der Waals surface area contributed by atoms with Gasteiger partial charge in [0.05, 0.1) is 8.22 Å². The molecule has 296 valence electrons. The predicted octanol–water partition coefficient (Wildman–Crippen LogP) is 11.4. The molecule has 63 heavy (non-hydrogen) atoms. The van der Waals surface area contributed by atoms with Gasteiger partial charge in [-0.05, 0) is 0 Å². The van der Waals surface area contributed by atoms with Gasteiger partial charge in [0.15, 0.2) is 0 Å². The molecule has 0 amide bonds. The van der Waals surface area contributed by atoms with E-state index in [0.717, 1.165) is 0 Å². The van der Waals surface area contributed by atoms with Crippen molar-refractivity contribution in [3.05, 3.63) is 242 Å². The summed E-state index contributed by atoms with van der Waals surface area (Å²) in [6, 6.07) is -45.2. The van der Waals surface area contributed by atoms with Crippen molar-refractivity contribution >= 4 is 74.5 Å². The van der Waals surface area contributed by atoms with Gasteiger partial charge in [0.2, 0.25) is 0 Å². The van der Waals surface area contributed by atoms with Crippen LogP contribution in [-0.4, -0.2) is 32.4 Å². The van der Waals surface area contributed by atoms with E-state index in [0.29, 0.717) is 15.2 Å². The zero-order valence-corrected chi connectivity index (χ0v) is 33.5. The van der Waals surface area contributed by atoms with Crippen molar-refractivity contribution in [2.24, 2.45) is 0 Å². The molecule has 0 unspecified atom stereocenters. The average molecular weight is 905 g/mol. The summed E-state index contributed by atoms with van der Waals surface area (Å²) in [6.45, 7) is 0. The Labute approximate surface area is 423 Å². The van der Waals surface area contributed by atoms with Crippen LogP contribution in [0, 0.1) is 0 Å². The van der Waals surface area contributed by atoms with Gasteiger partial charge < -0.3 is 0 Å². The van der Waals surface area contributed by atoms with Gasteiger partial charge in [-0.15, -0.1) is 0 Å². The van der Waals surface area contributed by atoms with Gasteiger partial charge in [-0.3, -0.25) is 0 Å². The first-order valence-corrected chi connectivity index (χ1v) is 22.5. The van der Waals surface area contributed by atoms with Gasteiger partial charge in [0.1, 0.15) is 0 Å². The van der Waals surface area contributed by atoms with Crippen molar-refractivity contribution in [1.82, 2.24) is 19.1 Å². The zero-order chi connectivity index (χ0) is 75.7. The van der Waals surface area contributed by atoms with Crippen molar-refractivity contribution in [2.75, 3.05) is 0 Å². The molecule has 12 rings (SSSR count). The molecule has 0 aliphatic carbocycles. The first-order chi connectivity index (χ1) is 47.5. The number of hydrogen-bond acceptors (Lipinski definition) is 2. The fourth-order valence-corrected chi connectivity index (χ4v) is 14.9. The molecule has 0 fully saturated rings. The third kappa shape index (κ3) is 5.98. The van der Waals surface area contributed by atoms with Gasteiger partial charge in [-0.25, -0.2) is 0 Å². The third-order valence-electron chi connectivity index (χ3n) is 10.0. The number of para-hydroxylation sites is 5. The average Bonchev–Trinajstić information content (AvgIpc) is 0.822. The summed E-state index contributed by atoms with van der Waals surface area (Å²) in [5.74, 6) is -2.17. The number of nitrogens with zero attached hydrogens (tertiary/aromatic N) is 4. The van der Waals surface area contributed by atoms with Crippen molar-refractivity contribution < 1.29 is 53.5 Å². The van der Waals surface area contributed by atoms with E-state index in [-0.39, 0.29) is 0 Å². The number of fused-ring (bicyclic) bond motifs is 6. The molecule has 0 spiro atoms. The molecule has 3 aromatic heterocycles. The monoisotopic (exact) mass is 905 g/mol. The molecule has 12 aromatic rings. The van der Waals surface area contributed by atoms with Crippen molar-refractivity contribution in [2.45, 2.75) is 0 Å². The van der Waals surface area contributed by atoms with Crippen LogP contribution in [0.15, 0.2) is 242 Å². The predicted molar refractivity (Wildman–Crippen MR) is 265 cm³/mol. The van der Waals surface area contributed by atoms with Crippen LogP contribution in [0.2, 0.25) is 0 Å². The summed E-state index contributed by atoms with van der Waals surface area (Å²) in [5.41, 5.74) is -7.53. The van der Waals surface area contributed by atoms with E-state index in [9.17, 15) is 26.0 Å². The van der Waals surface area contributed by atoms with Crippen LogP contribution in [0.3, 0.4) is 0 Å². The van der Waals surface area contributed by atoms with Gasteiger partial charge >= 0.3 is 403 Å². The molecule has 4 nitrogen and oxygen atoms in total. The molecule has 0 bridgehead atoms. The Morgan fingerprint density at radius 3 is 1.29 bits per heavy atom. The zero-order valence-electron chi connectivity index (χ0n) is 70.4. The molecular formula is C58H40GeN4. The summed E-state index contributed by atoms with van der Waals surface area (Å²) in [6.07, 6.45) is 0. The standard InChI is InChI=1S/C58H40GeN4/c1-4-22-42(23-5-1)59(43-24-6-2-7-25-43,44-26-8-3-9-27-44)45-28-20-21-41(39-45)51-40-57(63-54-36-17-12-31-48(54)49-32-13-18-37-55(49)63)61-58(60-51)50-33-14-19-38-56(50)62-52-34-15-10-29-46(52)47-30-11-16-35-53(47)62/h1-40H/i1D,2D,3D,4D,5D,6D,7D,8D,9D,10D,11D,12D,13D,14D,15D,16D,17D,18D,19D,20D,21D,22D,23D,24D,25D,26D,27D,28D,29D,30D,31D,32D,33D,34D,35D,36D,37D,38D,39D. The molecule has 9 aromatic carbocycles. The molecule has 0 aliphatic heterocycles. The van der Waals surface area contributed by atoms with Crippen molar-refractivity contribution in [3.8, 4) is 34.2 Å². The van der Waals surface area contributed by atoms with E-state index in [4.69, 9.17) is 32.4 Å². The van der Waals surface area contributed by atoms with Gasteiger partial charge in [-0.1, -0.05) is 12.1 Å². The minimum absolute atomic E-state index is 0.625. The van der Waals surface area contributed by atoms with Crippen LogP contribution in [-0.2, 0) is 0 Å². The topological polar surface area (TPSA) is 35.6 Å². The van der Waals surface area contributed by atoms with E-state index in [1.54, 1.807) is 0 Å². The third-order valence-corrected chi connectivity index (χ3v) is 18.4. The van der Waals surface area contributed by atoms with Gasteiger partial charge in [0.25, 0.3) is 0 Å². The number of hydrogen-bond donors (Lipinski definition) is 0. The molecule has 0 radical (unpaired) electrons. The Morgan fingerprint density at radius 2 is 0.778 bits per heavy atom. The Kier molecular flexibility index (Phi) is 3.55. The van der Waals surface area contributed by atoms with Crippen LogP contribution in [0.5, 0.6) is 0 Å². The summed E-state index contributed by atoms with van der Waals surface area (Å²) in [4.78, 5) is 9.35. The number of aromatic nitrogens is 4. The molecule has 0 atom stereocenters. The van der Waals surface area contributed by atoms with Crippen LogP contribution in [0.4, 0.5) is 0 Å². The second-order valence-electron chi connectivity index (χ2n) is 13.2. The van der Waals surface area contributed by atoms with E-state index in [2.05, 4.69) is 4.98 Å². The van der Waals surface area contributed by atoms with Crippen molar-refractivity contribution in [1.29, 1.82) is 0 Å². The summed E-state index contributed by atoms with van der Waals surface area (Å²) < 4.78 is 358. The number of benzene rings is 9. The Balaban J connectivity index is 1.42.